The number of nitrogens with zero attached hydrogens (tertiary/aromatic N) is 2. The molecule has 0 bridgehead atoms. The largest absolute Gasteiger partial charge is 0.457 e. The molecule has 0 saturated carbocycles. The van der Waals surface area contributed by atoms with E-state index in [1.54, 1.807) is 30.3 Å². The number of hydrogen-bond donors (Lipinski definition) is 0. The molecule has 5 aromatic rings. The highest BCUT2D eigenvalue weighted by atomic mass is 79.9. The molecule has 37 heavy (non-hydrogen) atoms. The summed E-state index contributed by atoms with van der Waals surface area (Å²) >= 11 is 3.44. The van der Waals surface area contributed by atoms with Crippen molar-refractivity contribution >= 4 is 38.5 Å². The van der Waals surface area contributed by atoms with Gasteiger partial charge in [-0.3, -0.25) is 10.1 Å². The fourth-order valence-electron chi connectivity index (χ4n) is 3.77. The number of benzene rings is 4. The first-order chi connectivity index (χ1) is 18.0. The number of fused-ring (bicyclic) bond motifs is 1. The Morgan fingerprint density at radius 3 is 2.19 bits per heavy atom. The molecule has 0 N–H and O–H groups in total. The number of para-hydroxylation sites is 1. The van der Waals surface area contributed by atoms with E-state index in [1.807, 2.05) is 48.5 Å². The van der Waals surface area contributed by atoms with Gasteiger partial charge in [0.25, 0.3) is 5.69 Å². The lowest BCUT2D eigenvalue weighted by Gasteiger charge is -2.11. The number of pyridine rings is 1. The molecule has 0 radical (unpaired) electrons. The Balaban J connectivity index is 1.30. The highest BCUT2D eigenvalue weighted by Gasteiger charge is 2.15. The van der Waals surface area contributed by atoms with Crippen LogP contribution in [-0.2, 0) is 11.3 Å². The molecule has 1 heterocycles. The second kappa shape index (κ2) is 10.6. The molecule has 7 nitrogen and oxygen atoms in total. The van der Waals surface area contributed by atoms with Gasteiger partial charge in [-0.05, 0) is 54.1 Å². The lowest BCUT2D eigenvalue weighted by atomic mass is 10.0. The van der Waals surface area contributed by atoms with Gasteiger partial charge in [0, 0.05) is 27.6 Å². The van der Waals surface area contributed by atoms with E-state index in [1.165, 1.54) is 24.3 Å². The molecule has 8 heteroatoms. The first-order valence-corrected chi connectivity index (χ1v) is 12.1. The molecule has 0 amide bonds. The summed E-state index contributed by atoms with van der Waals surface area (Å²) in [7, 11) is 0. The van der Waals surface area contributed by atoms with Crippen LogP contribution in [0, 0.1) is 10.1 Å². The van der Waals surface area contributed by atoms with Crippen molar-refractivity contribution in [1.29, 1.82) is 0 Å². The summed E-state index contributed by atoms with van der Waals surface area (Å²) < 4.78 is 12.3. The van der Waals surface area contributed by atoms with E-state index in [-0.39, 0.29) is 12.3 Å². The summed E-state index contributed by atoms with van der Waals surface area (Å²) in [5.74, 6) is 0.599. The monoisotopic (exact) mass is 554 g/mol. The van der Waals surface area contributed by atoms with Crippen molar-refractivity contribution in [2.45, 2.75) is 6.61 Å². The molecular formula is C29H19BrN2O5. The number of non-ortho nitro benzene ring substituents is 1. The van der Waals surface area contributed by atoms with Crippen LogP contribution < -0.4 is 4.74 Å². The molecule has 0 fully saturated rings. The lowest BCUT2D eigenvalue weighted by Crippen LogP contribution is -2.07. The molecular weight excluding hydrogens is 536 g/mol. The zero-order valence-electron chi connectivity index (χ0n) is 19.3. The number of hydrogen-bond acceptors (Lipinski definition) is 6. The number of rotatable bonds is 7. The molecule has 0 saturated heterocycles. The fourth-order valence-corrected chi connectivity index (χ4v) is 4.03. The number of carbonyl (C=O) groups excluding carboxylic acids is 1. The highest BCUT2D eigenvalue weighted by Crippen LogP contribution is 2.27. The summed E-state index contributed by atoms with van der Waals surface area (Å²) in [4.78, 5) is 28.2. The van der Waals surface area contributed by atoms with Gasteiger partial charge in [-0.25, -0.2) is 9.78 Å². The number of nitro groups is 1. The van der Waals surface area contributed by atoms with Gasteiger partial charge in [0.05, 0.1) is 21.7 Å². The number of carbonyl (C=O) groups is 1. The topological polar surface area (TPSA) is 91.6 Å². The summed E-state index contributed by atoms with van der Waals surface area (Å²) in [5, 5.41) is 11.5. The van der Waals surface area contributed by atoms with E-state index >= 15 is 0 Å². The van der Waals surface area contributed by atoms with E-state index in [0.29, 0.717) is 28.3 Å². The third kappa shape index (κ3) is 5.65. The van der Waals surface area contributed by atoms with Crippen molar-refractivity contribution in [2.24, 2.45) is 0 Å². The minimum absolute atomic E-state index is 0.00421. The minimum atomic E-state index is -0.462. The first-order valence-electron chi connectivity index (χ1n) is 11.3. The van der Waals surface area contributed by atoms with Crippen LogP contribution in [0.15, 0.2) is 108 Å². The fraction of sp³-hybridized carbons (Fsp3) is 0.0345. The smallest absolute Gasteiger partial charge is 0.339 e. The summed E-state index contributed by atoms with van der Waals surface area (Å²) in [6.45, 7) is 0.0842. The second-order valence-electron chi connectivity index (χ2n) is 8.15. The molecule has 5 rings (SSSR count). The maximum atomic E-state index is 13.1. The van der Waals surface area contributed by atoms with E-state index in [0.717, 1.165) is 21.0 Å². The average molecular weight is 555 g/mol. The summed E-state index contributed by atoms with van der Waals surface area (Å²) in [6.07, 6.45) is 0. The Kier molecular flexibility index (Phi) is 6.91. The van der Waals surface area contributed by atoms with Crippen molar-refractivity contribution in [1.82, 2.24) is 4.98 Å². The van der Waals surface area contributed by atoms with Crippen LogP contribution in [0.1, 0.15) is 15.9 Å². The number of nitro benzene ring substituents is 1. The molecule has 0 spiro atoms. The van der Waals surface area contributed by atoms with Gasteiger partial charge in [-0.2, -0.15) is 0 Å². The standard InChI is InChI=1S/C29H19BrN2O5/c30-21-9-7-20(8-10-21)28-17-26(25-3-1-2-4-27(25)31-28)29(33)36-18-19-5-13-23(14-6-19)37-24-15-11-22(12-16-24)32(34)35/h1-17H,18H2. The first kappa shape index (κ1) is 24.1. The third-order valence-corrected chi connectivity index (χ3v) is 6.18. The van der Waals surface area contributed by atoms with E-state index in [9.17, 15) is 14.9 Å². The van der Waals surface area contributed by atoms with Gasteiger partial charge in [0.1, 0.15) is 18.1 Å². The van der Waals surface area contributed by atoms with Crippen LogP contribution in [0.5, 0.6) is 11.5 Å². The number of ether oxygens (including phenoxy) is 2. The molecule has 0 aliphatic rings. The lowest BCUT2D eigenvalue weighted by molar-refractivity contribution is -0.384. The molecule has 4 aromatic carbocycles. The Morgan fingerprint density at radius 2 is 1.51 bits per heavy atom. The SMILES string of the molecule is O=C(OCc1ccc(Oc2ccc([N+](=O)[O-])cc2)cc1)c1cc(-c2ccc(Br)cc2)nc2ccccc12. The van der Waals surface area contributed by atoms with E-state index < -0.39 is 10.9 Å². The van der Waals surface area contributed by atoms with Crippen molar-refractivity contribution in [3.63, 3.8) is 0 Å². The molecule has 0 unspecified atom stereocenters. The van der Waals surface area contributed by atoms with Gasteiger partial charge in [0.2, 0.25) is 0 Å². The zero-order valence-corrected chi connectivity index (χ0v) is 20.9. The Hall–Kier alpha value is -4.56. The van der Waals surface area contributed by atoms with Crippen molar-refractivity contribution in [3.8, 4) is 22.8 Å². The number of esters is 1. The van der Waals surface area contributed by atoms with Gasteiger partial charge in [0.15, 0.2) is 0 Å². The Bertz CT molecular complexity index is 1580. The highest BCUT2D eigenvalue weighted by molar-refractivity contribution is 9.10. The minimum Gasteiger partial charge on any atom is -0.457 e. The summed E-state index contributed by atoms with van der Waals surface area (Å²) in [6, 6.07) is 29.9. The molecule has 0 aliphatic heterocycles. The van der Waals surface area contributed by atoms with E-state index in [2.05, 4.69) is 15.9 Å². The molecule has 0 atom stereocenters. The van der Waals surface area contributed by atoms with Gasteiger partial charge in [-0.1, -0.05) is 58.4 Å². The van der Waals surface area contributed by atoms with Crippen LogP contribution in [0.2, 0.25) is 0 Å². The molecule has 0 aliphatic carbocycles. The average Bonchev–Trinajstić information content (AvgIpc) is 2.92. The molecule has 182 valence electrons. The quantitative estimate of drug-likeness (QED) is 0.116. The maximum Gasteiger partial charge on any atom is 0.339 e. The van der Waals surface area contributed by atoms with Crippen LogP contribution in [-0.4, -0.2) is 15.9 Å². The number of halogens is 1. The summed E-state index contributed by atoms with van der Waals surface area (Å²) in [5.41, 5.74) is 3.52. The second-order valence-corrected chi connectivity index (χ2v) is 9.07. The predicted molar refractivity (Wildman–Crippen MR) is 144 cm³/mol. The van der Waals surface area contributed by atoms with Gasteiger partial charge < -0.3 is 9.47 Å². The van der Waals surface area contributed by atoms with Crippen LogP contribution in [0.4, 0.5) is 5.69 Å². The Labute approximate surface area is 220 Å². The van der Waals surface area contributed by atoms with Crippen LogP contribution >= 0.6 is 15.9 Å². The predicted octanol–water partition coefficient (Wildman–Crippen LogP) is 7.72. The van der Waals surface area contributed by atoms with E-state index in [4.69, 9.17) is 14.5 Å². The van der Waals surface area contributed by atoms with Crippen molar-refractivity contribution < 1.29 is 19.2 Å². The van der Waals surface area contributed by atoms with Crippen molar-refractivity contribution in [3.05, 3.63) is 129 Å². The van der Waals surface area contributed by atoms with Gasteiger partial charge in [-0.15, -0.1) is 0 Å². The van der Waals surface area contributed by atoms with Crippen molar-refractivity contribution in [2.75, 3.05) is 0 Å². The third-order valence-electron chi connectivity index (χ3n) is 5.65. The zero-order chi connectivity index (χ0) is 25.8. The van der Waals surface area contributed by atoms with Crippen LogP contribution in [0.25, 0.3) is 22.2 Å². The van der Waals surface area contributed by atoms with Gasteiger partial charge >= 0.3 is 5.97 Å². The number of aromatic nitrogens is 1. The Morgan fingerprint density at radius 1 is 0.865 bits per heavy atom. The normalized spacial score (nSPS) is 10.7. The van der Waals surface area contributed by atoms with Crippen LogP contribution in [0.3, 0.4) is 0 Å². The molecule has 1 aromatic heterocycles. The maximum absolute atomic E-state index is 13.1.